The van der Waals surface area contributed by atoms with Gasteiger partial charge in [-0.2, -0.15) is 0 Å². The number of benzene rings is 2. The Labute approximate surface area is 185 Å². The number of carboxylic acids is 1. The van der Waals surface area contributed by atoms with Gasteiger partial charge in [0, 0.05) is 5.22 Å². The van der Waals surface area contributed by atoms with Gasteiger partial charge >= 0.3 is 5.97 Å². The molecule has 0 saturated carbocycles. The fourth-order valence-corrected chi connectivity index (χ4v) is 4.25. The lowest BCUT2D eigenvalue weighted by Crippen LogP contribution is -2.39. The summed E-state index contributed by atoms with van der Waals surface area (Å²) < 4.78 is 12.4. The van der Waals surface area contributed by atoms with Crippen LogP contribution in [0.5, 0.6) is 5.75 Å². The van der Waals surface area contributed by atoms with Crippen LogP contribution < -0.4 is 15.3 Å². The van der Waals surface area contributed by atoms with Crippen molar-refractivity contribution >= 4 is 28.1 Å². The molecular weight excluding hydrogens is 402 g/mol. The molecule has 0 radical (unpaired) electrons. The number of carboxylic acid groups (broad SMARTS) is 1. The Morgan fingerprint density at radius 1 is 1.03 bits per heavy atom. The minimum absolute atomic E-state index is 0.246. The maximum atomic E-state index is 12.2. The zero-order valence-corrected chi connectivity index (χ0v) is 18.0. The third-order valence-electron chi connectivity index (χ3n) is 5.96. The molecule has 32 heavy (non-hydrogen) atoms. The highest BCUT2D eigenvalue weighted by atomic mass is 16.5. The van der Waals surface area contributed by atoms with Crippen LogP contribution in [0.2, 0.25) is 0 Å². The van der Waals surface area contributed by atoms with Crippen LogP contribution in [0.15, 0.2) is 65.1 Å². The van der Waals surface area contributed by atoms with E-state index in [1.54, 1.807) is 6.07 Å². The summed E-state index contributed by atoms with van der Waals surface area (Å²) in [5.74, 6) is 0.0488. The van der Waals surface area contributed by atoms with Crippen LogP contribution in [-0.4, -0.2) is 16.1 Å². The summed E-state index contributed by atoms with van der Waals surface area (Å²) in [6.07, 6.45) is 1.71. The molecule has 0 fully saturated rings. The smallest absolute Gasteiger partial charge is 0.336 e. The molecule has 2 aromatic heterocycles. The Bertz CT molecular complexity index is 1470. The molecule has 1 aliphatic rings. The fourth-order valence-electron chi connectivity index (χ4n) is 4.25. The van der Waals surface area contributed by atoms with Crippen LogP contribution in [0.25, 0.3) is 33.6 Å². The molecule has 0 amide bonds. The molecule has 0 saturated heterocycles. The third kappa shape index (κ3) is 3.46. The Balaban J connectivity index is 1.73. The summed E-state index contributed by atoms with van der Waals surface area (Å²) in [7, 11) is 0. The molecular formula is C27H23NO4. The van der Waals surface area contributed by atoms with Gasteiger partial charge in [0.15, 0.2) is 11.5 Å². The van der Waals surface area contributed by atoms with Crippen molar-refractivity contribution in [2.75, 3.05) is 0 Å². The van der Waals surface area contributed by atoms with Crippen molar-refractivity contribution in [3.8, 4) is 17.2 Å². The van der Waals surface area contributed by atoms with Gasteiger partial charge in [-0.3, -0.25) is 0 Å². The van der Waals surface area contributed by atoms with Crippen molar-refractivity contribution in [1.82, 2.24) is 4.98 Å². The average molecular weight is 425 g/mol. The number of furan rings is 1. The summed E-state index contributed by atoms with van der Waals surface area (Å²) in [4.78, 5) is 17.0. The maximum Gasteiger partial charge on any atom is 0.336 e. The number of carbonyl (C=O) groups is 1. The molecule has 4 aromatic rings. The number of ether oxygens (including phenoxy) is 1. The van der Waals surface area contributed by atoms with E-state index in [0.717, 1.165) is 45.5 Å². The quantitative estimate of drug-likeness (QED) is 0.492. The standard InChI is InChI=1S/C27H23NO4/c1-16-12-13-17(2)24-23(16)20(27(29)30)14-21(28-24)26-25(19-10-6-7-11-22(19)32-26)31-15-18-8-4-3-5-9-18/h3-11,14H,12-13,15H2,1-2H3,(H,29,30). The minimum atomic E-state index is -0.971. The molecule has 0 bridgehead atoms. The van der Waals surface area contributed by atoms with E-state index in [-0.39, 0.29) is 5.56 Å². The van der Waals surface area contributed by atoms with Crippen LogP contribution in [-0.2, 0) is 6.61 Å². The van der Waals surface area contributed by atoms with E-state index in [4.69, 9.17) is 14.1 Å². The molecule has 0 aliphatic heterocycles. The van der Waals surface area contributed by atoms with Crippen molar-refractivity contribution < 1.29 is 19.1 Å². The van der Waals surface area contributed by atoms with Gasteiger partial charge in [-0.1, -0.05) is 48.0 Å². The number of aromatic nitrogens is 1. The number of hydrogen-bond donors (Lipinski definition) is 1. The zero-order chi connectivity index (χ0) is 22.2. The number of fused-ring (bicyclic) bond motifs is 2. The Morgan fingerprint density at radius 3 is 2.53 bits per heavy atom. The van der Waals surface area contributed by atoms with Crippen LogP contribution in [0.1, 0.15) is 42.6 Å². The lowest BCUT2D eigenvalue weighted by Gasteiger charge is -2.14. The monoisotopic (exact) mass is 425 g/mol. The minimum Gasteiger partial charge on any atom is -0.484 e. The molecule has 160 valence electrons. The highest BCUT2D eigenvalue weighted by Gasteiger charge is 2.22. The third-order valence-corrected chi connectivity index (χ3v) is 5.96. The number of aromatic carboxylic acids is 1. The first-order valence-corrected chi connectivity index (χ1v) is 10.7. The first-order valence-electron chi connectivity index (χ1n) is 10.7. The first-order chi connectivity index (χ1) is 15.5. The van der Waals surface area contributed by atoms with Gasteiger partial charge in [0.1, 0.15) is 17.9 Å². The van der Waals surface area contributed by atoms with Crippen LogP contribution in [0.4, 0.5) is 0 Å². The summed E-state index contributed by atoms with van der Waals surface area (Å²) in [6, 6.07) is 19.1. The van der Waals surface area contributed by atoms with E-state index in [9.17, 15) is 9.90 Å². The van der Waals surface area contributed by atoms with Gasteiger partial charge in [0.2, 0.25) is 0 Å². The predicted molar refractivity (Wildman–Crippen MR) is 124 cm³/mol. The van der Waals surface area contributed by atoms with E-state index in [1.165, 1.54) is 0 Å². The molecule has 2 aromatic carbocycles. The number of hydrogen-bond acceptors (Lipinski definition) is 4. The van der Waals surface area contributed by atoms with E-state index >= 15 is 0 Å². The predicted octanol–water partition coefficient (Wildman–Crippen LogP) is 4.91. The van der Waals surface area contributed by atoms with Crippen molar-refractivity contribution in [2.45, 2.75) is 33.3 Å². The van der Waals surface area contributed by atoms with Crippen LogP contribution in [0.3, 0.4) is 0 Å². The first kappa shape index (κ1) is 20.1. The van der Waals surface area contributed by atoms with Gasteiger partial charge in [-0.25, -0.2) is 9.78 Å². The van der Waals surface area contributed by atoms with Crippen molar-refractivity contribution in [1.29, 1.82) is 0 Å². The Hall–Kier alpha value is -3.86. The molecule has 0 atom stereocenters. The molecule has 1 aliphatic carbocycles. The molecule has 0 spiro atoms. The van der Waals surface area contributed by atoms with Crippen LogP contribution in [0, 0.1) is 0 Å². The van der Waals surface area contributed by atoms with E-state index < -0.39 is 5.97 Å². The van der Waals surface area contributed by atoms with Crippen molar-refractivity contribution in [3.05, 3.63) is 82.4 Å². The summed E-state index contributed by atoms with van der Waals surface area (Å²) in [6.45, 7) is 4.36. The lowest BCUT2D eigenvalue weighted by molar-refractivity contribution is 0.0695. The fraction of sp³-hybridized carbons (Fsp3) is 0.185. The Kier molecular flexibility index (Phi) is 5.02. The molecule has 5 heteroatoms. The van der Waals surface area contributed by atoms with Gasteiger partial charge in [0.05, 0.1) is 16.3 Å². The number of pyridine rings is 1. The van der Waals surface area contributed by atoms with Gasteiger partial charge in [-0.15, -0.1) is 0 Å². The van der Waals surface area contributed by atoms with Gasteiger partial charge in [-0.05, 0) is 56.0 Å². The molecule has 1 N–H and O–H groups in total. The SMILES string of the molecule is CC1=c2nc(-c3oc4ccccc4c3OCc3ccccc3)cc(C(=O)O)c2=C(C)CC1. The topological polar surface area (TPSA) is 72.6 Å². The summed E-state index contributed by atoms with van der Waals surface area (Å²) in [5, 5.41) is 12.3. The highest BCUT2D eigenvalue weighted by molar-refractivity contribution is 5.93. The van der Waals surface area contributed by atoms with Crippen molar-refractivity contribution in [2.24, 2.45) is 0 Å². The number of nitrogens with zero attached hydrogens (tertiary/aromatic N) is 1. The van der Waals surface area contributed by atoms with E-state index in [1.807, 2.05) is 68.4 Å². The van der Waals surface area contributed by atoms with Crippen LogP contribution >= 0.6 is 0 Å². The van der Waals surface area contributed by atoms with Crippen molar-refractivity contribution in [3.63, 3.8) is 0 Å². The maximum absolute atomic E-state index is 12.2. The van der Waals surface area contributed by atoms with Gasteiger partial charge < -0.3 is 14.3 Å². The second-order valence-electron chi connectivity index (χ2n) is 8.18. The zero-order valence-electron chi connectivity index (χ0n) is 18.0. The molecule has 5 rings (SSSR count). The number of rotatable bonds is 5. The molecule has 2 heterocycles. The van der Waals surface area contributed by atoms with E-state index in [2.05, 4.69) is 0 Å². The van der Waals surface area contributed by atoms with E-state index in [0.29, 0.717) is 29.4 Å². The highest BCUT2D eigenvalue weighted by Crippen LogP contribution is 2.39. The second-order valence-corrected chi connectivity index (χ2v) is 8.18. The van der Waals surface area contributed by atoms with Gasteiger partial charge in [0.25, 0.3) is 0 Å². The molecule has 0 unspecified atom stereocenters. The average Bonchev–Trinajstić information content (AvgIpc) is 3.18. The lowest BCUT2D eigenvalue weighted by atomic mass is 9.95. The number of para-hydroxylation sites is 1. The molecule has 5 nitrogen and oxygen atoms in total. The summed E-state index contributed by atoms with van der Waals surface area (Å²) in [5.41, 5.74) is 4.55. The summed E-state index contributed by atoms with van der Waals surface area (Å²) >= 11 is 0. The normalized spacial score (nSPS) is 13.3. The second kappa shape index (κ2) is 8.00. The largest absolute Gasteiger partial charge is 0.484 e. The Morgan fingerprint density at radius 2 is 1.75 bits per heavy atom.